The van der Waals surface area contributed by atoms with Gasteiger partial charge in [0.25, 0.3) is 0 Å². The van der Waals surface area contributed by atoms with Gasteiger partial charge in [-0.2, -0.15) is 16.9 Å². The molecule has 4 rings (SSSR count). The number of benzene rings is 1. The number of allylic oxidation sites excluding steroid dienone is 2. The normalized spacial score (nSPS) is 24.7. The van der Waals surface area contributed by atoms with Gasteiger partial charge in [-0.3, -0.25) is 4.79 Å². The van der Waals surface area contributed by atoms with Crippen molar-refractivity contribution in [1.82, 2.24) is 9.91 Å². The Morgan fingerprint density at radius 2 is 1.77 bits per heavy atom. The lowest BCUT2D eigenvalue weighted by Crippen LogP contribution is -2.52. The van der Waals surface area contributed by atoms with Gasteiger partial charge in [-0.15, -0.1) is 0 Å². The maximum Gasteiger partial charge on any atom is 0.247 e. The highest BCUT2D eigenvalue weighted by Gasteiger charge is 2.42. The van der Waals surface area contributed by atoms with E-state index < -0.39 is 0 Å². The van der Waals surface area contributed by atoms with Crippen LogP contribution < -0.4 is 9.47 Å². The van der Waals surface area contributed by atoms with Gasteiger partial charge in [-0.25, -0.2) is 5.01 Å². The molecule has 7 heteroatoms. The van der Waals surface area contributed by atoms with E-state index in [1.165, 1.54) is 0 Å². The van der Waals surface area contributed by atoms with Crippen molar-refractivity contribution in [2.75, 3.05) is 45.9 Å². The Labute approximate surface area is 189 Å². The molecule has 0 spiro atoms. The van der Waals surface area contributed by atoms with Crippen LogP contribution in [0.1, 0.15) is 31.2 Å². The van der Waals surface area contributed by atoms with Crippen LogP contribution in [0, 0.1) is 11.8 Å². The summed E-state index contributed by atoms with van der Waals surface area (Å²) in [5, 5.41) is 6.84. The second-order valence-electron chi connectivity index (χ2n) is 8.46. The minimum absolute atomic E-state index is 0.0277. The Bertz CT molecular complexity index is 848. The molecule has 6 nitrogen and oxygen atoms in total. The molecule has 0 radical (unpaired) electrons. The molecule has 2 atom stereocenters. The van der Waals surface area contributed by atoms with Crippen molar-refractivity contribution in [3.8, 4) is 11.5 Å². The first-order chi connectivity index (χ1) is 15.2. The van der Waals surface area contributed by atoms with Gasteiger partial charge in [-0.05, 0) is 50.1 Å². The van der Waals surface area contributed by atoms with E-state index in [-0.39, 0.29) is 23.8 Å². The molecule has 1 aliphatic carbocycles. The highest BCUT2D eigenvalue weighted by molar-refractivity contribution is 7.98. The molecule has 1 aromatic carbocycles. The van der Waals surface area contributed by atoms with Crippen LogP contribution in [0.3, 0.4) is 0 Å². The molecule has 1 saturated heterocycles. The molecule has 168 valence electrons. The standard InChI is InChI=1S/C24H33N3O3S/c1-29-21-9-8-17(16-22(21)30-2)23-19-6-4-5-7-20(19)24(28)27(25-23)18-10-12-26(13-11-18)14-15-31-3/h4-5,8-9,16,18-20H,6-7,10-15H2,1-3H3/t19-,20+/m0/s1. The summed E-state index contributed by atoms with van der Waals surface area (Å²) in [6, 6.07) is 6.13. The van der Waals surface area contributed by atoms with Crippen LogP contribution in [-0.4, -0.2) is 73.4 Å². The molecule has 1 fully saturated rings. The fraction of sp³-hybridized carbons (Fsp3) is 0.583. The summed E-state index contributed by atoms with van der Waals surface area (Å²) in [5.74, 6) is 2.84. The second-order valence-corrected chi connectivity index (χ2v) is 9.44. The number of methoxy groups -OCH3 is 2. The molecule has 2 heterocycles. The number of hydrogen-bond donors (Lipinski definition) is 0. The number of amides is 1. The van der Waals surface area contributed by atoms with Crippen molar-refractivity contribution in [3.63, 3.8) is 0 Å². The maximum atomic E-state index is 13.4. The molecule has 1 amide bonds. The molecule has 0 N–H and O–H groups in total. The molecule has 2 aliphatic heterocycles. The zero-order valence-electron chi connectivity index (χ0n) is 18.8. The summed E-state index contributed by atoms with van der Waals surface area (Å²) in [5.41, 5.74) is 2.01. The van der Waals surface area contributed by atoms with E-state index >= 15 is 0 Å². The summed E-state index contributed by atoms with van der Waals surface area (Å²) in [6.45, 7) is 3.19. The smallest absolute Gasteiger partial charge is 0.247 e. The van der Waals surface area contributed by atoms with E-state index in [4.69, 9.17) is 14.6 Å². The zero-order valence-corrected chi connectivity index (χ0v) is 19.6. The third kappa shape index (κ3) is 4.62. The van der Waals surface area contributed by atoms with E-state index in [1.807, 2.05) is 35.0 Å². The third-order valence-electron chi connectivity index (χ3n) is 6.74. The number of hydrogen-bond acceptors (Lipinski definition) is 6. The number of rotatable bonds is 7. The molecular weight excluding hydrogens is 410 g/mol. The van der Waals surface area contributed by atoms with Crippen molar-refractivity contribution in [2.45, 2.75) is 31.7 Å². The number of hydrazone groups is 1. The number of ether oxygens (including phenoxy) is 2. The van der Waals surface area contributed by atoms with Crippen molar-refractivity contribution >= 4 is 23.4 Å². The average molecular weight is 444 g/mol. The molecule has 1 aromatic rings. The Balaban J connectivity index is 1.62. The maximum absolute atomic E-state index is 13.4. The van der Waals surface area contributed by atoms with Crippen LogP contribution in [0.2, 0.25) is 0 Å². The number of carbonyl (C=O) groups excluding carboxylic acids is 1. The quantitative estimate of drug-likeness (QED) is 0.602. The summed E-state index contributed by atoms with van der Waals surface area (Å²) >= 11 is 1.89. The molecule has 0 aromatic heterocycles. The van der Waals surface area contributed by atoms with E-state index in [0.717, 1.165) is 62.3 Å². The van der Waals surface area contributed by atoms with Gasteiger partial charge < -0.3 is 14.4 Å². The van der Waals surface area contributed by atoms with Crippen molar-refractivity contribution < 1.29 is 14.3 Å². The van der Waals surface area contributed by atoms with E-state index in [1.54, 1.807) is 14.2 Å². The van der Waals surface area contributed by atoms with Gasteiger partial charge in [-0.1, -0.05) is 12.2 Å². The van der Waals surface area contributed by atoms with Gasteiger partial charge in [0, 0.05) is 36.9 Å². The van der Waals surface area contributed by atoms with Gasteiger partial charge in [0.05, 0.1) is 31.9 Å². The molecule has 0 unspecified atom stereocenters. The Kier molecular flexibility index (Phi) is 7.23. The number of piperidine rings is 1. The van der Waals surface area contributed by atoms with E-state index in [2.05, 4.69) is 23.3 Å². The minimum atomic E-state index is -0.0277. The van der Waals surface area contributed by atoms with Crippen LogP contribution in [0.25, 0.3) is 0 Å². The number of carbonyl (C=O) groups is 1. The van der Waals surface area contributed by atoms with Crippen molar-refractivity contribution in [2.24, 2.45) is 16.9 Å². The predicted octanol–water partition coefficient (Wildman–Crippen LogP) is 3.66. The molecular formula is C24H33N3O3S. The first-order valence-corrected chi connectivity index (χ1v) is 12.6. The summed E-state index contributed by atoms with van der Waals surface area (Å²) < 4.78 is 10.9. The van der Waals surface area contributed by atoms with Crippen molar-refractivity contribution in [3.05, 3.63) is 35.9 Å². The van der Waals surface area contributed by atoms with Crippen molar-refractivity contribution in [1.29, 1.82) is 0 Å². The number of likely N-dealkylation sites (tertiary alicyclic amines) is 1. The fourth-order valence-corrected chi connectivity index (χ4v) is 5.38. The van der Waals surface area contributed by atoms with Crippen LogP contribution in [0.5, 0.6) is 11.5 Å². The molecule has 3 aliphatic rings. The molecule has 0 bridgehead atoms. The van der Waals surface area contributed by atoms with E-state index in [9.17, 15) is 4.79 Å². The first kappa shape index (κ1) is 22.2. The largest absolute Gasteiger partial charge is 0.493 e. The Hall–Kier alpha value is -1.99. The highest BCUT2D eigenvalue weighted by Crippen LogP contribution is 2.38. The van der Waals surface area contributed by atoms with E-state index in [0.29, 0.717) is 11.5 Å². The Morgan fingerprint density at radius 1 is 1.06 bits per heavy atom. The molecule has 0 saturated carbocycles. The van der Waals surface area contributed by atoms with Gasteiger partial charge >= 0.3 is 0 Å². The van der Waals surface area contributed by atoms with Crippen LogP contribution >= 0.6 is 11.8 Å². The fourth-order valence-electron chi connectivity index (χ4n) is 4.94. The SMILES string of the molecule is COc1ccc(C2=NN(C3CCN(CCSC)CC3)C(=O)[C@@H]3CC=CC[C@H]23)cc1OC. The number of thioether (sulfide) groups is 1. The Morgan fingerprint density at radius 3 is 2.45 bits per heavy atom. The average Bonchev–Trinajstić information content (AvgIpc) is 2.83. The number of fused-ring (bicyclic) bond motifs is 1. The third-order valence-corrected chi connectivity index (χ3v) is 7.33. The van der Waals surface area contributed by atoms with Crippen LogP contribution in [0.15, 0.2) is 35.5 Å². The minimum Gasteiger partial charge on any atom is -0.493 e. The lowest BCUT2D eigenvalue weighted by molar-refractivity contribution is -0.141. The topological polar surface area (TPSA) is 54.4 Å². The second kappa shape index (κ2) is 10.1. The van der Waals surface area contributed by atoms with Gasteiger partial charge in [0.1, 0.15) is 0 Å². The summed E-state index contributed by atoms with van der Waals surface area (Å²) in [6.07, 6.45) is 10.1. The lowest BCUT2D eigenvalue weighted by Gasteiger charge is -2.42. The van der Waals surface area contributed by atoms with Crippen LogP contribution in [-0.2, 0) is 4.79 Å². The van der Waals surface area contributed by atoms with Gasteiger partial charge in [0.2, 0.25) is 5.91 Å². The summed E-state index contributed by atoms with van der Waals surface area (Å²) in [7, 11) is 3.29. The van der Waals surface area contributed by atoms with Crippen LogP contribution in [0.4, 0.5) is 0 Å². The predicted molar refractivity (Wildman–Crippen MR) is 126 cm³/mol. The first-order valence-electron chi connectivity index (χ1n) is 11.2. The van der Waals surface area contributed by atoms with Gasteiger partial charge in [0.15, 0.2) is 11.5 Å². The lowest BCUT2D eigenvalue weighted by atomic mass is 9.76. The zero-order chi connectivity index (χ0) is 21.8. The monoisotopic (exact) mass is 443 g/mol. The summed E-state index contributed by atoms with van der Waals surface area (Å²) in [4.78, 5) is 15.9. The molecule has 31 heavy (non-hydrogen) atoms. The number of nitrogens with zero attached hydrogens (tertiary/aromatic N) is 3. The highest BCUT2D eigenvalue weighted by atomic mass is 32.2.